The van der Waals surface area contributed by atoms with E-state index in [1.54, 1.807) is 0 Å². The molecule has 0 unspecified atom stereocenters. The largest absolute Gasteiger partial charge is 0.383 e. The SMILES string of the molecule is CS(=O)(=O)Oc1ccc(-c2cc(-c3c(F)c(F)c(F)c(F)c3F)c(F)c(F)c2F)cc1. The van der Waals surface area contributed by atoms with Crippen molar-refractivity contribution in [3.8, 4) is 28.0 Å². The standard InChI is InChI=1S/C19H8F8O3S/c1-31(28,29)30-8-4-2-7(3-5-8)9-6-10(13(21)16(24)12(9)20)11-14(22)17(25)19(27)18(26)15(11)23/h2-6H,1H3. The second-order valence-corrected chi connectivity index (χ2v) is 7.75. The highest BCUT2D eigenvalue weighted by Gasteiger charge is 2.30. The van der Waals surface area contributed by atoms with Gasteiger partial charge in [-0.2, -0.15) is 8.42 Å². The summed E-state index contributed by atoms with van der Waals surface area (Å²) in [5.74, 6) is -18.6. The smallest absolute Gasteiger partial charge is 0.306 e. The van der Waals surface area contributed by atoms with Crippen LogP contribution in [-0.4, -0.2) is 14.7 Å². The summed E-state index contributed by atoms with van der Waals surface area (Å²) in [6.45, 7) is 0. The third kappa shape index (κ3) is 4.07. The number of halogens is 8. The van der Waals surface area contributed by atoms with Crippen LogP contribution >= 0.6 is 0 Å². The van der Waals surface area contributed by atoms with Crippen LogP contribution < -0.4 is 4.18 Å². The molecular weight excluding hydrogens is 460 g/mol. The highest BCUT2D eigenvalue weighted by molar-refractivity contribution is 7.86. The Morgan fingerprint density at radius 3 is 1.52 bits per heavy atom. The summed E-state index contributed by atoms with van der Waals surface area (Å²) in [5.41, 5.74) is -4.25. The van der Waals surface area contributed by atoms with Gasteiger partial charge in [-0.3, -0.25) is 0 Å². The Hall–Kier alpha value is -3.15. The van der Waals surface area contributed by atoms with Gasteiger partial charge in [0.05, 0.1) is 11.8 Å². The second-order valence-electron chi connectivity index (χ2n) is 6.17. The summed E-state index contributed by atoms with van der Waals surface area (Å²) in [4.78, 5) is 0. The van der Waals surface area contributed by atoms with Gasteiger partial charge in [0, 0.05) is 11.1 Å². The molecule has 0 aliphatic carbocycles. The molecule has 3 rings (SSSR count). The monoisotopic (exact) mass is 468 g/mol. The van der Waals surface area contributed by atoms with Crippen molar-refractivity contribution in [2.75, 3.05) is 6.26 Å². The quantitative estimate of drug-likeness (QED) is 0.221. The molecule has 0 bridgehead atoms. The van der Waals surface area contributed by atoms with E-state index in [1.807, 2.05) is 0 Å². The highest BCUT2D eigenvalue weighted by atomic mass is 32.2. The lowest BCUT2D eigenvalue weighted by Crippen LogP contribution is -2.07. The first-order valence-corrected chi connectivity index (χ1v) is 9.84. The maximum absolute atomic E-state index is 14.3. The third-order valence-corrected chi connectivity index (χ3v) is 4.53. The fraction of sp³-hybridized carbons (Fsp3) is 0.0526. The zero-order valence-electron chi connectivity index (χ0n) is 15.0. The van der Waals surface area contributed by atoms with Gasteiger partial charge in [0.1, 0.15) is 5.75 Å². The van der Waals surface area contributed by atoms with Crippen molar-refractivity contribution in [3.05, 3.63) is 76.9 Å². The Labute approximate surface area is 169 Å². The Kier molecular flexibility index (Phi) is 5.70. The Morgan fingerprint density at radius 2 is 1.03 bits per heavy atom. The molecule has 0 atom stereocenters. The molecule has 0 aliphatic heterocycles. The molecule has 0 radical (unpaired) electrons. The Balaban J connectivity index is 2.24. The zero-order chi connectivity index (χ0) is 23.2. The van der Waals surface area contributed by atoms with E-state index in [9.17, 15) is 43.5 Å². The summed E-state index contributed by atoms with van der Waals surface area (Å²) in [7, 11) is -3.91. The molecule has 0 saturated carbocycles. The molecule has 0 saturated heterocycles. The molecular formula is C19H8F8O3S. The molecule has 3 aromatic carbocycles. The maximum Gasteiger partial charge on any atom is 0.306 e. The van der Waals surface area contributed by atoms with Crippen LogP contribution in [0.15, 0.2) is 30.3 Å². The van der Waals surface area contributed by atoms with E-state index in [0.29, 0.717) is 6.07 Å². The molecule has 0 N–H and O–H groups in total. The molecule has 0 aliphatic rings. The van der Waals surface area contributed by atoms with Crippen LogP contribution in [-0.2, 0) is 10.1 Å². The predicted octanol–water partition coefficient (Wildman–Crippen LogP) is 5.47. The lowest BCUT2D eigenvalue weighted by molar-refractivity contribution is 0.380. The molecule has 31 heavy (non-hydrogen) atoms. The zero-order valence-corrected chi connectivity index (χ0v) is 15.9. The van der Waals surface area contributed by atoms with Crippen LogP contribution in [0.4, 0.5) is 35.1 Å². The Morgan fingerprint density at radius 1 is 0.613 bits per heavy atom. The molecule has 0 spiro atoms. The van der Waals surface area contributed by atoms with Crippen molar-refractivity contribution >= 4 is 10.1 Å². The van der Waals surface area contributed by atoms with Crippen LogP contribution in [0.2, 0.25) is 0 Å². The molecule has 0 fully saturated rings. The first-order chi connectivity index (χ1) is 14.3. The van der Waals surface area contributed by atoms with Crippen LogP contribution in [0.3, 0.4) is 0 Å². The summed E-state index contributed by atoms with van der Waals surface area (Å²) in [5, 5.41) is 0. The van der Waals surface area contributed by atoms with Gasteiger partial charge in [-0.25, -0.2) is 35.1 Å². The number of rotatable bonds is 4. The minimum Gasteiger partial charge on any atom is -0.383 e. The first-order valence-electron chi connectivity index (χ1n) is 8.02. The van der Waals surface area contributed by atoms with E-state index in [4.69, 9.17) is 0 Å². The van der Waals surface area contributed by atoms with Crippen molar-refractivity contribution in [2.45, 2.75) is 0 Å². The molecule has 0 heterocycles. The van der Waals surface area contributed by atoms with E-state index in [1.165, 1.54) is 0 Å². The van der Waals surface area contributed by atoms with E-state index in [0.717, 1.165) is 30.5 Å². The molecule has 0 aromatic heterocycles. The average Bonchev–Trinajstić information content (AvgIpc) is 2.70. The summed E-state index contributed by atoms with van der Waals surface area (Å²) in [6, 6.07) is 4.37. The van der Waals surface area contributed by atoms with Gasteiger partial charge >= 0.3 is 10.1 Å². The van der Waals surface area contributed by atoms with Crippen molar-refractivity contribution < 1.29 is 47.7 Å². The fourth-order valence-electron chi connectivity index (χ4n) is 2.70. The van der Waals surface area contributed by atoms with Crippen molar-refractivity contribution in [2.24, 2.45) is 0 Å². The van der Waals surface area contributed by atoms with Gasteiger partial charge in [-0.1, -0.05) is 12.1 Å². The van der Waals surface area contributed by atoms with E-state index in [2.05, 4.69) is 4.18 Å². The molecule has 0 amide bonds. The van der Waals surface area contributed by atoms with Crippen LogP contribution in [0.25, 0.3) is 22.3 Å². The lowest BCUT2D eigenvalue weighted by atomic mass is 9.96. The topological polar surface area (TPSA) is 43.4 Å². The number of hydrogen-bond acceptors (Lipinski definition) is 3. The fourth-order valence-corrected chi connectivity index (χ4v) is 3.16. The minimum atomic E-state index is -3.91. The molecule has 164 valence electrons. The second kappa shape index (κ2) is 7.84. The predicted molar refractivity (Wildman–Crippen MR) is 92.4 cm³/mol. The number of benzene rings is 3. The lowest BCUT2D eigenvalue weighted by Gasteiger charge is -2.13. The number of hydrogen-bond donors (Lipinski definition) is 0. The van der Waals surface area contributed by atoms with Crippen molar-refractivity contribution in [3.63, 3.8) is 0 Å². The van der Waals surface area contributed by atoms with Crippen LogP contribution in [0.1, 0.15) is 0 Å². The van der Waals surface area contributed by atoms with Gasteiger partial charge < -0.3 is 4.18 Å². The summed E-state index contributed by atoms with van der Waals surface area (Å²) < 4.78 is 138. The van der Waals surface area contributed by atoms with Crippen LogP contribution in [0, 0.1) is 46.5 Å². The van der Waals surface area contributed by atoms with Crippen molar-refractivity contribution in [1.29, 1.82) is 0 Å². The average molecular weight is 468 g/mol. The molecule has 12 heteroatoms. The third-order valence-electron chi connectivity index (χ3n) is 4.04. The van der Waals surface area contributed by atoms with E-state index < -0.39 is 73.3 Å². The van der Waals surface area contributed by atoms with Gasteiger partial charge in [-0.15, -0.1) is 0 Å². The van der Waals surface area contributed by atoms with Gasteiger partial charge in [0.2, 0.25) is 5.82 Å². The van der Waals surface area contributed by atoms with E-state index >= 15 is 0 Å². The normalized spacial score (nSPS) is 11.6. The molecule has 3 nitrogen and oxygen atoms in total. The van der Waals surface area contributed by atoms with Gasteiger partial charge in [0.15, 0.2) is 40.7 Å². The summed E-state index contributed by atoms with van der Waals surface area (Å²) in [6.07, 6.45) is 0.742. The van der Waals surface area contributed by atoms with Gasteiger partial charge in [-0.05, 0) is 23.8 Å². The van der Waals surface area contributed by atoms with Crippen molar-refractivity contribution in [1.82, 2.24) is 0 Å². The highest BCUT2D eigenvalue weighted by Crippen LogP contribution is 2.38. The van der Waals surface area contributed by atoms with E-state index in [-0.39, 0.29) is 11.3 Å². The minimum absolute atomic E-state index is 0.228. The van der Waals surface area contributed by atoms with Gasteiger partial charge in [0.25, 0.3) is 0 Å². The maximum atomic E-state index is 14.3. The van der Waals surface area contributed by atoms with Crippen LogP contribution in [0.5, 0.6) is 5.75 Å². The summed E-state index contributed by atoms with van der Waals surface area (Å²) >= 11 is 0. The Bertz CT molecular complexity index is 1280. The molecule has 3 aromatic rings. The first kappa shape index (κ1) is 22.5.